The summed E-state index contributed by atoms with van der Waals surface area (Å²) in [5, 5.41) is 0.730. The van der Waals surface area contributed by atoms with Crippen molar-refractivity contribution in [2.45, 2.75) is 0 Å². The van der Waals surface area contributed by atoms with Gasteiger partial charge in [0.25, 0.3) is 11.8 Å². The van der Waals surface area contributed by atoms with Gasteiger partial charge in [0.05, 0.1) is 11.1 Å². The Labute approximate surface area is 134 Å². The quantitative estimate of drug-likeness (QED) is 0.677. The first kappa shape index (κ1) is 14.1. The molecule has 0 saturated heterocycles. The van der Waals surface area contributed by atoms with Crippen LogP contribution in [-0.2, 0) is 4.84 Å². The molecule has 1 aromatic heterocycles. The van der Waals surface area contributed by atoms with E-state index in [-0.39, 0.29) is 22.3 Å². The van der Waals surface area contributed by atoms with Gasteiger partial charge in [0.15, 0.2) is 0 Å². The average Bonchev–Trinajstić information content (AvgIpc) is 3.10. The standard InChI is InChI=1S/C17H8FNO5/c18-9-5-6-10-13(8-23-14(10)7-9)17(22)24-19-15(20)11-3-1-2-4-12(11)16(19)21/h1-8H. The van der Waals surface area contributed by atoms with Gasteiger partial charge >= 0.3 is 5.97 Å². The van der Waals surface area contributed by atoms with E-state index in [0.29, 0.717) is 10.4 Å². The molecule has 0 aliphatic carbocycles. The van der Waals surface area contributed by atoms with Crippen LogP contribution in [-0.4, -0.2) is 22.8 Å². The summed E-state index contributed by atoms with van der Waals surface area (Å²) < 4.78 is 18.3. The number of imide groups is 1. The van der Waals surface area contributed by atoms with Crippen molar-refractivity contribution in [1.29, 1.82) is 0 Å². The molecule has 0 radical (unpaired) electrons. The van der Waals surface area contributed by atoms with Crippen LogP contribution in [0.4, 0.5) is 4.39 Å². The fourth-order valence-corrected chi connectivity index (χ4v) is 2.54. The van der Waals surface area contributed by atoms with Crippen LogP contribution < -0.4 is 0 Å². The number of rotatable bonds is 2. The van der Waals surface area contributed by atoms with E-state index in [4.69, 9.17) is 9.25 Å². The first-order chi connectivity index (χ1) is 11.6. The van der Waals surface area contributed by atoms with Crippen LogP contribution in [0.15, 0.2) is 53.1 Å². The molecule has 0 spiro atoms. The number of benzene rings is 2. The first-order valence-electron chi connectivity index (χ1n) is 6.93. The molecule has 1 aliphatic heterocycles. The zero-order valence-corrected chi connectivity index (χ0v) is 12.0. The van der Waals surface area contributed by atoms with Gasteiger partial charge in [-0.05, 0) is 24.3 Å². The molecule has 24 heavy (non-hydrogen) atoms. The highest BCUT2D eigenvalue weighted by atomic mass is 19.1. The Kier molecular flexibility index (Phi) is 2.96. The topological polar surface area (TPSA) is 76.8 Å². The van der Waals surface area contributed by atoms with Crippen molar-refractivity contribution < 1.29 is 28.0 Å². The molecule has 2 aromatic carbocycles. The Hall–Kier alpha value is -3.48. The van der Waals surface area contributed by atoms with Gasteiger partial charge in [-0.15, -0.1) is 0 Å². The maximum atomic E-state index is 13.2. The Morgan fingerprint density at radius 1 is 1.04 bits per heavy atom. The number of carbonyl (C=O) groups excluding carboxylic acids is 3. The molecular weight excluding hydrogens is 317 g/mol. The van der Waals surface area contributed by atoms with Gasteiger partial charge in [-0.3, -0.25) is 9.59 Å². The minimum absolute atomic E-state index is 0.0124. The van der Waals surface area contributed by atoms with E-state index in [0.717, 1.165) is 18.4 Å². The molecule has 118 valence electrons. The number of furan rings is 1. The van der Waals surface area contributed by atoms with E-state index >= 15 is 0 Å². The lowest BCUT2D eigenvalue weighted by atomic mass is 10.1. The third-order valence-corrected chi connectivity index (χ3v) is 3.69. The van der Waals surface area contributed by atoms with Crippen LogP contribution in [0.25, 0.3) is 11.0 Å². The largest absolute Gasteiger partial charge is 0.463 e. The zero-order valence-electron chi connectivity index (χ0n) is 12.0. The summed E-state index contributed by atoms with van der Waals surface area (Å²) in [6, 6.07) is 9.79. The summed E-state index contributed by atoms with van der Waals surface area (Å²) in [4.78, 5) is 41.6. The summed E-state index contributed by atoms with van der Waals surface area (Å²) in [6.07, 6.45) is 1.09. The lowest BCUT2D eigenvalue weighted by Gasteiger charge is -2.11. The number of hydrogen-bond donors (Lipinski definition) is 0. The van der Waals surface area contributed by atoms with Crippen molar-refractivity contribution in [3.63, 3.8) is 0 Å². The third-order valence-electron chi connectivity index (χ3n) is 3.69. The smallest absolute Gasteiger partial charge is 0.367 e. The maximum Gasteiger partial charge on any atom is 0.367 e. The molecule has 6 nitrogen and oxygen atoms in total. The second kappa shape index (κ2) is 5.02. The number of fused-ring (bicyclic) bond motifs is 2. The summed E-state index contributed by atoms with van der Waals surface area (Å²) >= 11 is 0. The highest BCUT2D eigenvalue weighted by molar-refractivity contribution is 6.21. The van der Waals surface area contributed by atoms with Crippen LogP contribution in [0, 0.1) is 5.82 Å². The van der Waals surface area contributed by atoms with Crippen molar-refractivity contribution in [3.8, 4) is 0 Å². The van der Waals surface area contributed by atoms with Crippen molar-refractivity contribution in [3.05, 3.63) is 71.2 Å². The summed E-state index contributed by atoms with van der Waals surface area (Å²) in [5.74, 6) is -2.91. The van der Waals surface area contributed by atoms with Gasteiger partial charge in [0.2, 0.25) is 0 Å². The van der Waals surface area contributed by atoms with Crippen LogP contribution in [0.1, 0.15) is 31.1 Å². The van der Waals surface area contributed by atoms with Gasteiger partial charge in [0, 0.05) is 11.5 Å². The van der Waals surface area contributed by atoms with Crippen molar-refractivity contribution >= 4 is 28.8 Å². The Bertz CT molecular complexity index is 988. The SMILES string of the molecule is O=C(ON1C(=O)c2ccccc2C1=O)c1coc2cc(F)ccc12. The number of hydrogen-bond acceptors (Lipinski definition) is 5. The van der Waals surface area contributed by atoms with Crippen molar-refractivity contribution in [2.24, 2.45) is 0 Å². The normalized spacial score (nSPS) is 13.5. The molecule has 0 unspecified atom stereocenters. The molecule has 2 heterocycles. The van der Waals surface area contributed by atoms with Gasteiger partial charge in [-0.2, -0.15) is 0 Å². The Balaban J connectivity index is 1.65. The maximum absolute atomic E-state index is 13.2. The van der Waals surface area contributed by atoms with Crippen LogP contribution >= 0.6 is 0 Å². The Morgan fingerprint density at radius 3 is 2.38 bits per heavy atom. The molecule has 3 aromatic rings. The second-order valence-electron chi connectivity index (χ2n) is 5.12. The highest BCUT2D eigenvalue weighted by Gasteiger charge is 2.39. The molecule has 0 fully saturated rings. The number of nitrogens with zero attached hydrogens (tertiary/aromatic N) is 1. The van der Waals surface area contributed by atoms with Gasteiger partial charge in [-0.1, -0.05) is 17.2 Å². The van der Waals surface area contributed by atoms with Gasteiger partial charge < -0.3 is 9.25 Å². The monoisotopic (exact) mass is 325 g/mol. The number of amides is 2. The van der Waals surface area contributed by atoms with Crippen LogP contribution in [0.3, 0.4) is 0 Å². The molecule has 1 aliphatic rings. The van der Waals surface area contributed by atoms with Crippen molar-refractivity contribution in [2.75, 3.05) is 0 Å². The molecule has 4 rings (SSSR count). The second-order valence-corrected chi connectivity index (χ2v) is 5.12. The lowest BCUT2D eigenvalue weighted by molar-refractivity contribution is -0.0583. The van der Waals surface area contributed by atoms with Gasteiger partial charge in [0.1, 0.15) is 23.2 Å². The van der Waals surface area contributed by atoms with Crippen LogP contribution in [0.2, 0.25) is 0 Å². The predicted molar refractivity (Wildman–Crippen MR) is 78.5 cm³/mol. The minimum Gasteiger partial charge on any atom is -0.463 e. The first-order valence-corrected chi connectivity index (χ1v) is 6.93. The summed E-state index contributed by atoms with van der Waals surface area (Å²) in [5.41, 5.74) is 0.467. The zero-order chi connectivity index (χ0) is 16.8. The molecule has 0 saturated carbocycles. The number of halogens is 1. The van der Waals surface area contributed by atoms with E-state index in [1.165, 1.54) is 18.2 Å². The fourth-order valence-electron chi connectivity index (χ4n) is 2.54. The average molecular weight is 325 g/mol. The van der Waals surface area contributed by atoms with E-state index in [2.05, 4.69) is 0 Å². The molecular formula is C17H8FNO5. The lowest BCUT2D eigenvalue weighted by Crippen LogP contribution is -2.32. The molecule has 0 bridgehead atoms. The summed E-state index contributed by atoms with van der Waals surface area (Å²) in [7, 11) is 0. The molecule has 0 N–H and O–H groups in total. The van der Waals surface area contributed by atoms with Crippen LogP contribution in [0.5, 0.6) is 0 Å². The Morgan fingerprint density at radius 2 is 1.71 bits per heavy atom. The highest BCUT2D eigenvalue weighted by Crippen LogP contribution is 2.26. The number of carbonyl (C=O) groups is 3. The van der Waals surface area contributed by atoms with E-state index in [9.17, 15) is 18.8 Å². The molecule has 7 heteroatoms. The van der Waals surface area contributed by atoms with Crippen molar-refractivity contribution in [1.82, 2.24) is 5.06 Å². The minimum atomic E-state index is -0.949. The predicted octanol–water partition coefficient (Wildman–Crippen LogP) is 2.94. The fraction of sp³-hybridized carbons (Fsp3) is 0. The van der Waals surface area contributed by atoms with E-state index in [1.807, 2.05) is 0 Å². The molecule has 0 atom stereocenters. The van der Waals surface area contributed by atoms with E-state index < -0.39 is 23.6 Å². The third kappa shape index (κ3) is 1.98. The number of hydroxylamine groups is 2. The molecule has 2 amide bonds. The summed E-state index contributed by atoms with van der Waals surface area (Å²) in [6.45, 7) is 0. The van der Waals surface area contributed by atoms with E-state index in [1.54, 1.807) is 12.1 Å². The van der Waals surface area contributed by atoms with Gasteiger partial charge in [-0.25, -0.2) is 9.18 Å².